The second kappa shape index (κ2) is 8.15. The Balaban J connectivity index is 0.00000225. The molecule has 1 aliphatic rings. The summed E-state index contributed by atoms with van der Waals surface area (Å²) in [6.45, 7) is 11.7. The minimum Gasteiger partial charge on any atom is -0.338 e. The molecule has 1 saturated heterocycles. The summed E-state index contributed by atoms with van der Waals surface area (Å²) in [4.78, 5) is 19.6. The number of piperidine rings is 1. The zero-order valence-corrected chi connectivity index (χ0v) is 16.3. The molecule has 0 unspecified atom stereocenters. The maximum Gasteiger partial charge on any atom is 0.259 e. The smallest absolute Gasteiger partial charge is 0.259 e. The normalized spacial score (nSPS) is 15.4. The fraction of sp³-hybridized carbons (Fsp3) is 0.611. The Morgan fingerprint density at radius 1 is 1.28 bits per heavy atom. The van der Waals surface area contributed by atoms with Gasteiger partial charge in [0.25, 0.3) is 5.91 Å². The lowest BCUT2D eigenvalue weighted by molar-refractivity contribution is 0.0691. The molecule has 1 N–H and O–H groups in total. The van der Waals surface area contributed by atoms with Gasteiger partial charge in [0.1, 0.15) is 5.56 Å². The van der Waals surface area contributed by atoms with E-state index in [-0.39, 0.29) is 18.3 Å². The molecule has 7 heteroatoms. The van der Waals surface area contributed by atoms with Gasteiger partial charge in [0.2, 0.25) is 0 Å². The molecule has 0 saturated carbocycles. The van der Waals surface area contributed by atoms with Gasteiger partial charge in [-0.3, -0.25) is 4.79 Å². The number of carbonyl (C=O) groups excluding carboxylic acids is 1. The van der Waals surface area contributed by atoms with Crippen molar-refractivity contribution in [1.29, 1.82) is 0 Å². The minimum absolute atomic E-state index is 0. The van der Waals surface area contributed by atoms with Crippen LogP contribution in [-0.2, 0) is 0 Å². The summed E-state index contributed by atoms with van der Waals surface area (Å²) in [6, 6.07) is 1.99. The van der Waals surface area contributed by atoms with Crippen LogP contribution in [-0.4, -0.2) is 51.6 Å². The van der Waals surface area contributed by atoms with Gasteiger partial charge in [-0.15, -0.1) is 12.4 Å². The number of rotatable bonds is 4. The van der Waals surface area contributed by atoms with Gasteiger partial charge in [0, 0.05) is 24.5 Å². The molecule has 0 aliphatic carbocycles. The monoisotopic (exact) mass is 365 g/mol. The zero-order chi connectivity index (χ0) is 17.3. The summed E-state index contributed by atoms with van der Waals surface area (Å²) in [5, 5.41) is 7.93. The topological polar surface area (TPSA) is 62.5 Å². The van der Waals surface area contributed by atoms with E-state index in [0.29, 0.717) is 17.1 Å². The van der Waals surface area contributed by atoms with Gasteiger partial charge in [0.15, 0.2) is 5.65 Å². The van der Waals surface area contributed by atoms with E-state index in [4.69, 9.17) is 0 Å². The molecule has 2 aromatic heterocycles. The number of amides is 1. The molecular weight excluding hydrogens is 338 g/mol. The fourth-order valence-electron chi connectivity index (χ4n) is 3.52. The lowest BCUT2D eigenvalue weighted by Gasteiger charge is -2.32. The molecule has 0 spiro atoms. The van der Waals surface area contributed by atoms with Gasteiger partial charge >= 0.3 is 0 Å². The van der Waals surface area contributed by atoms with E-state index in [1.165, 1.54) is 0 Å². The molecule has 0 atom stereocenters. The number of nitrogens with zero attached hydrogens (tertiary/aromatic N) is 4. The van der Waals surface area contributed by atoms with Gasteiger partial charge in [-0.25, -0.2) is 9.50 Å². The predicted octanol–water partition coefficient (Wildman–Crippen LogP) is 2.54. The molecule has 138 valence electrons. The van der Waals surface area contributed by atoms with Crippen LogP contribution in [0.3, 0.4) is 0 Å². The molecule has 3 heterocycles. The lowest BCUT2D eigenvalue weighted by Crippen LogP contribution is -2.41. The van der Waals surface area contributed by atoms with Gasteiger partial charge < -0.3 is 10.2 Å². The van der Waals surface area contributed by atoms with E-state index in [0.717, 1.165) is 56.1 Å². The lowest BCUT2D eigenvalue weighted by atomic mass is 9.96. The van der Waals surface area contributed by atoms with Crippen molar-refractivity contribution in [2.24, 2.45) is 5.92 Å². The summed E-state index contributed by atoms with van der Waals surface area (Å²) in [5.74, 6) is 0.739. The van der Waals surface area contributed by atoms with Crippen LogP contribution in [0.1, 0.15) is 47.2 Å². The SMILES string of the molecule is CCNCC1CCN(C(=O)c2c(C)nn3c(C)cc(C)nc23)CC1.Cl. The third kappa shape index (κ3) is 3.96. The van der Waals surface area contributed by atoms with E-state index in [1.54, 1.807) is 4.52 Å². The van der Waals surface area contributed by atoms with E-state index < -0.39 is 0 Å². The molecule has 0 bridgehead atoms. The van der Waals surface area contributed by atoms with E-state index in [1.807, 2.05) is 31.7 Å². The Labute approximate surface area is 155 Å². The maximum atomic E-state index is 13.1. The molecular formula is C18H28ClN5O. The number of halogens is 1. The first-order valence-electron chi connectivity index (χ1n) is 8.84. The number of hydrogen-bond donors (Lipinski definition) is 1. The second-order valence-electron chi connectivity index (χ2n) is 6.78. The van der Waals surface area contributed by atoms with Crippen LogP contribution in [0.4, 0.5) is 0 Å². The summed E-state index contributed by atoms with van der Waals surface area (Å²) in [5.41, 5.74) is 4.02. The highest BCUT2D eigenvalue weighted by Gasteiger charge is 2.28. The number of aromatic nitrogens is 3. The summed E-state index contributed by atoms with van der Waals surface area (Å²) >= 11 is 0. The average molecular weight is 366 g/mol. The number of carbonyl (C=O) groups is 1. The third-order valence-electron chi connectivity index (χ3n) is 4.87. The minimum atomic E-state index is 0. The molecule has 6 nitrogen and oxygen atoms in total. The highest BCUT2D eigenvalue weighted by atomic mass is 35.5. The molecule has 1 fully saturated rings. The molecule has 1 aliphatic heterocycles. The third-order valence-corrected chi connectivity index (χ3v) is 4.87. The van der Waals surface area contributed by atoms with E-state index in [9.17, 15) is 4.79 Å². The first-order valence-corrected chi connectivity index (χ1v) is 8.84. The van der Waals surface area contributed by atoms with Crippen molar-refractivity contribution in [2.45, 2.75) is 40.5 Å². The Morgan fingerprint density at radius 2 is 1.96 bits per heavy atom. The van der Waals surface area contributed by atoms with Crippen molar-refractivity contribution in [3.8, 4) is 0 Å². The van der Waals surface area contributed by atoms with Crippen LogP contribution in [0.25, 0.3) is 5.65 Å². The first kappa shape index (κ1) is 19.7. The zero-order valence-electron chi connectivity index (χ0n) is 15.5. The largest absolute Gasteiger partial charge is 0.338 e. The van der Waals surface area contributed by atoms with E-state index in [2.05, 4.69) is 22.3 Å². The van der Waals surface area contributed by atoms with Crippen LogP contribution >= 0.6 is 12.4 Å². The van der Waals surface area contributed by atoms with Crippen molar-refractivity contribution >= 4 is 24.0 Å². The molecule has 1 amide bonds. The number of likely N-dealkylation sites (tertiary alicyclic amines) is 1. The van der Waals surface area contributed by atoms with Crippen LogP contribution < -0.4 is 5.32 Å². The van der Waals surface area contributed by atoms with Gasteiger partial charge in [-0.2, -0.15) is 5.10 Å². The van der Waals surface area contributed by atoms with Crippen molar-refractivity contribution in [1.82, 2.24) is 24.8 Å². The Kier molecular flexibility index (Phi) is 6.41. The van der Waals surface area contributed by atoms with Crippen LogP contribution in [0.5, 0.6) is 0 Å². The quantitative estimate of drug-likeness (QED) is 0.904. The van der Waals surface area contributed by atoms with Crippen molar-refractivity contribution in [3.63, 3.8) is 0 Å². The average Bonchev–Trinajstić information content (AvgIpc) is 2.89. The summed E-state index contributed by atoms with van der Waals surface area (Å²) in [7, 11) is 0. The number of nitrogens with one attached hydrogen (secondary N) is 1. The fourth-order valence-corrected chi connectivity index (χ4v) is 3.52. The number of fused-ring (bicyclic) bond motifs is 1. The Morgan fingerprint density at radius 3 is 2.60 bits per heavy atom. The van der Waals surface area contributed by atoms with Gasteiger partial charge in [-0.05, 0) is 58.7 Å². The highest BCUT2D eigenvalue weighted by Crippen LogP contribution is 2.22. The Hall–Kier alpha value is -1.66. The van der Waals surface area contributed by atoms with Gasteiger partial charge in [0.05, 0.1) is 5.69 Å². The van der Waals surface area contributed by atoms with Gasteiger partial charge in [-0.1, -0.05) is 6.92 Å². The molecule has 2 aromatic rings. The Bertz CT molecular complexity index is 749. The molecule has 25 heavy (non-hydrogen) atoms. The number of hydrogen-bond acceptors (Lipinski definition) is 4. The van der Waals surface area contributed by atoms with Crippen molar-refractivity contribution < 1.29 is 4.79 Å². The standard InChI is InChI=1S/C18H27N5O.ClH/c1-5-19-11-15-6-8-22(9-7-15)18(24)16-14(4)21-23-13(3)10-12(2)20-17(16)23;/h10,15,19H,5-9,11H2,1-4H3;1H. The van der Waals surface area contributed by atoms with Crippen LogP contribution in [0, 0.1) is 26.7 Å². The summed E-state index contributed by atoms with van der Waals surface area (Å²) in [6.07, 6.45) is 2.12. The molecule has 0 aromatic carbocycles. The second-order valence-corrected chi connectivity index (χ2v) is 6.78. The van der Waals surface area contributed by atoms with Crippen LogP contribution in [0.2, 0.25) is 0 Å². The highest BCUT2D eigenvalue weighted by molar-refractivity contribution is 6.01. The molecule has 0 radical (unpaired) electrons. The van der Waals surface area contributed by atoms with E-state index >= 15 is 0 Å². The number of aryl methyl sites for hydroxylation is 3. The molecule has 3 rings (SSSR count). The first-order chi connectivity index (χ1) is 11.5. The summed E-state index contributed by atoms with van der Waals surface area (Å²) < 4.78 is 1.79. The maximum absolute atomic E-state index is 13.1. The predicted molar refractivity (Wildman–Crippen MR) is 102 cm³/mol. The van der Waals surface area contributed by atoms with Crippen molar-refractivity contribution in [2.75, 3.05) is 26.2 Å². The van der Waals surface area contributed by atoms with Crippen molar-refractivity contribution in [3.05, 3.63) is 28.7 Å². The van der Waals surface area contributed by atoms with Crippen LogP contribution in [0.15, 0.2) is 6.07 Å².